The van der Waals surface area contributed by atoms with E-state index in [1.54, 1.807) is 0 Å². The van der Waals surface area contributed by atoms with E-state index in [1.165, 1.54) is 24.8 Å². The van der Waals surface area contributed by atoms with Crippen molar-refractivity contribution < 1.29 is 9.90 Å². The Morgan fingerprint density at radius 1 is 1.20 bits per heavy atom. The molecule has 5 heteroatoms. The maximum atomic E-state index is 11.7. The number of piperidine rings is 1. The van der Waals surface area contributed by atoms with Crippen molar-refractivity contribution in [1.29, 1.82) is 0 Å². The zero-order chi connectivity index (χ0) is 18.0. The summed E-state index contributed by atoms with van der Waals surface area (Å²) in [7, 11) is 0. The highest BCUT2D eigenvalue weighted by molar-refractivity contribution is 5.88. The number of aryl methyl sites for hydroxylation is 2. The van der Waals surface area contributed by atoms with Crippen molar-refractivity contribution in [3.8, 4) is 0 Å². The summed E-state index contributed by atoms with van der Waals surface area (Å²) in [4.78, 5) is 18.9. The van der Waals surface area contributed by atoms with E-state index in [9.17, 15) is 9.90 Å². The predicted molar refractivity (Wildman–Crippen MR) is 99.6 cm³/mol. The third-order valence-corrected chi connectivity index (χ3v) is 4.98. The molecule has 0 bridgehead atoms. The largest absolute Gasteiger partial charge is 0.477 e. The number of hydrogen-bond acceptors (Lipinski definition) is 3. The molecule has 3 rings (SSSR count). The Balaban J connectivity index is 1.93. The standard InChI is InChI=1S/C20H27N3O2/c1-4-17-15(3)12-23(19(17)20(24)25)13-16-10-14(2)11-18(21-16)22-8-6-5-7-9-22/h10-12H,4-9,13H2,1-3H3,(H,24,25). The molecule has 2 aromatic heterocycles. The molecule has 0 spiro atoms. The van der Waals surface area contributed by atoms with Gasteiger partial charge in [0.2, 0.25) is 0 Å². The Morgan fingerprint density at radius 3 is 2.56 bits per heavy atom. The molecule has 0 atom stereocenters. The molecule has 0 radical (unpaired) electrons. The van der Waals surface area contributed by atoms with Gasteiger partial charge in [0, 0.05) is 19.3 Å². The summed E-state index contributed by atoms with van der Waals surface area (Å²) >= 11 is 0. The number of hydrogen-bond donors (Lipinski definition) is 1. The molecule has 1 saturated heterocycles. The topological polar surface area (TPSA) is 58.4 Å². The molecule has 2 aromatic rings. The summed E-state index contributed by atoms with van der Waals surface area (Å²) in [5, 5.41) is 9.63. The first kappa shape index (κ1) is 17.5. The van der Waals surface area contributed by atoms with Gasteiger partial charge in [-0.05, 0) is 68.4 Å². The van der Waals surface area contributed by atoms with Gasteiger partial charge in [-0.25, -0.2) is 9.78 Å². The highest BCUT2D eigenvalue weighted by atomic mass is 16.4. The van der Waals surface area contributed by atoms with Crippen LogP contribution in [-0.4, -0.2) is 33.7 Å². The number of aromatic carboxylic acids is 1. The van der Waals surface area contributed by atoms with Gasteiger partial charge < -0.3 is 14.6 Å². The lowest BCUT2D eigenvalue weighted by Gasteiger charge is -2.28. The minimum Gasteiger partial charge on any atom is -0.477 e. The van der Waals surface area contributed by atoms with Crippen LogP contribution in [0.1, 0.15) is 59.1 Å². The molecule has 0 aliphatic carbocycles. The lowest BCUT2D eigenvalue weighted by Crippen LogP contribution is -2.30. The summed E-state index contributed by atoms with van der Waals surface area (Å²) in [6, 6.07) is 4.19. The van der Waals surface area contributed by atoms with Crippen molar-refractivity contribution in [1.82, 2.24) is 9.55 Å². The van der Waals surface area contributed by atoms with Gasteiger partial charge in [0.1, 0.15) is 11.5 Å². The molecule has 0 unspecified atom stereocenters. The summed E-state index contributed by atoms with van der Waals surface area (Å²) < 4.78 is 1.83. The van der Waals surface area contributed by atoms with Gasteiger partial charge in [0.25, 0.3) is 0 Å². The van der Waals surface area contributed by atoms with Crippen LogP contribution in [0.25, 0.3) is 0 Å². The van der Waals surface area contributed by atoms with Crippen LogP contribution in [0.5, 0.6) is 0 Å². The van der Waals surface area contributed by atoms with Gasteiger partial charge in [0.15, 0.2) is 0 Å². The zero-order valence-electron chi connectivity index (χ0n) is 15.4. The summed E-state index contributed by atoms with van der Waals surface area (Å²) in [6.45, 7) is 8.65. The minimum absolute atomic E-state index is 0.392. The number of carboxylic acids is 1. The summed E-state index contributed by atoms with van der Waals surface area (Å²) in [5.41, 5.74) is 4.42. The third kappa shape index (κ3) is 3.70. The number of aromatic nitrogens is 2. The Hall–Kier alpha value is -2.30. The number of anilines is 1. The Bertz CT molecular complexity index is 773. The van der Waals surface area contributed by atoms with Gasteiger partial charge in [0.05, 0.1) is 12.2 Å². The van der Waals surface area contributed by atoms with Crippen LogP contribution in [0.15, 0.2) is 18.3 Å². The second kappa shape index (κ2) is 7.30. The predicted octanol–water partition coefficient (Wildman–Crippen LogP) is 3.80. The maximum Gasteiger partial charge on any atom is 0.352 e. The van der Waals surface area contributed by atoms with Gasteiger partial charge in [-0.1, -0.05) is 6.92 Å². The minimum atomic E-state index is -0.867. The smallest absolute Gasteiger partial charge is 0.352 e. The van der Waals surface area contributed by atoms with E-state index >= 15 is 0 Å². The van der Waals surface area contributed by atoms with Crippen molar-refractivity contribution in [2.24, 2.45) is 0 Å². The first-order valence-electron chi connectivity index (χ1n) is 9.14. The molecule has 1 N–H and O–H groups in total. The molecule has 5 nitrogen and oxygen atoms in total. The average Bonchev–Trinajstić information content (AvgIpc) is 2.90. The van der Waals surface area contributed by atoms with Gasteiger partial charge in [-0.2, -0.15) is 0 Å². The van der Waals surface area contributed by atoms with E-state index in [-0.39, 0.29) is 0 Å². The Kier molecular flexibility index (Phi) is 5.11. The lowest BCUT2D eigenvalue weighted by atomic mass is 10.1. The van der Waals surface area contributed by atoms with E-state index < -0.39 is 5.97 Å². The number of rotatable bonds is 5. The fourth-order valence-electron chi connectivity index (χ4n) is 3.82. The monoisotopic (exact) mass is 341 g/mol. The fourth-order valence-corrected chi connectivity index (χ4v) is 3.82. The second-order valence-electron chi connectivity index (χ2n) is 6.97. The van der Waals surface area contributed by atoms with Gasteiger partial charge in [-0.15, -0.1) is 0 Å². The molecule has 1 aliphatic heterocycles. The van der Waals surface area contributed by atoms with Gasteiger partial charge in [-0.3, -0.25) is 0 Å². The van der Waals surface area contributed by atoms with Gasteiger partial charge >= 0.3 is 5.97 Å². The molecular formula is C20H27N3O2. The van der Waals surface area contributed by atoms with Crippen LogP contribution < -0.4 is 4.90 Å². The van der Waals surface area contributed by atoms with Crippen LogP contribution in [0.2, 0.25) is 0 Å². The van der Waals surface area contributed by atoms with Crippen molar-refractivity contribution in [2.45, 2.75) is 53.0 Å². The SMILES string of the molecule is CCc1c(C)cn(Cc2cc(C)cc(N3CCCCC3)n2)c1C(=O)O. The zero-order valence-corrected chi connectivity index (χ0v) is 15.4. The molecule has 1 aliphatic rings. The number of carboxylic acid groups (broad SMARTS) is 1. The molecule has 0 aromatic carbocycles. The van der Waals surface area contributed by atoms with Crippen molar-refractivity contribution in [2.75, 3.05) is 18.0 Å². The molecule has 0 amide bonds. The molecule has 134 valence electrons. The van der Waals surface area contributed by atoms with E-state index in [0.29, 0.717) is 12.2 Å². The van der Waals surface area contributed by atoms with Crippen LogP contribution in [0.4, 0.5) is 5.82 Å². The lowest BCUT2D eigenvalue weighted by molar-refractivity contribution is 0.0684. The molecule has 3 heterocycles. The van der Waals surface area contributed by atoms with E-state index in [4.69, 9.17) is 4.98 Å². The van der Waals surface area contributed by atoms with Crippen molar-refractivity contribution in [3.05, 3.63) is 46.4 Å². The third-order valence-electron chi connectivity index (χ3n) is 4.98. The quantitative estimate of drug-likeness (QED) is 0.899. The number of pyridine rings is 1. The van der Waals surface area contributed by atoms with Crippen molar-refractivity contribution >= 4 is 11.8 Å². The highest BCUT2D eigenvalue weighted by Gasteiger charge is 2.19. The van der Waals surface area contributed by atoms with Crippen LogP contribution in [0.3, 0.4) is 0 Å². The Morgan fingerprint density at radius 2 is 1.92 bits per heavy atom. The normalized spacial score (nSPS) is 14.8. The van der Waals surface area contributed by atoms with Crippen LogP contribution in [0, 0.1) is 13.8 Å². The Labute approximate surface area is 149 Å². The molecular weight excluding hydrogens is 314 g/mol. The summed E-state index contributed by atoms with van der Waals surface area (Å²) in [6.07, 6.45) is 6.38. The number of carbonyl (C=O) groups is 1. The molecule has 25 heavy (non-hydrogen) atoms. The van der Waals surface area contributed by atoms with E-state index in [2.05, 4.69) is 24.0 Å². The molecule has 1 fully saturated rings. The van der Waals surface area contributed by atoms with E-state index in [1.807, 2.05) is 24.6 Å². The first-order chi connectivity index (χ1) is 12.0. The van der Waals surface area contributed by atoms with E-state index in [0.717, 1.165) is 42.1 Å². The highest BCUT2D eigenvalue weighted by Crippen LogP contribution is 2.22. The number of nitrogens with zero attached hydrogens (tertiary/aromatic N) is 3. The van der Waals surface area contributed by atoms with Crippen LogP contribution >= 0.6 is 0 Å². The average molecular weight is 341 g/mol. The fraction of sp³-hybridized carbons (Fsp3) is 0.500. The molecule has 0 saturated carbocycles. The second-order valence-corrected chi connectivity index (χ2v) is 6.97. The van der Waals surface area contributed by atoms with Crippen LogP contribution in [-0.2, 0) is 13.0 Å². The first-order valence-corrected chi connectivity index (χ1v) is 9.14. The maximum absolute atomic E-state index is 11.7. The summed E-state index contributed by atoms with van der Waals surface area (Å²) in [5.74, 6) is 0.153. The van der Waals surface area contributed by atoms with Crippen molar-refractivity contribution in [3.63, 3.8) is 0 Å².